The number of aliphatic hydroxyl groups is 1. The van der Waals surface area contributed by atoms with Gasteiger partial charge < -0.3 is 10.0 Å². The average Bonchev–Trinajstić information content (AvgIpc) is 2.51. The van der Waals surface area contributed by atoms with Crippen molar-refractivity contribution in [1.29, 1.82) is 0 Å². The van der Waals surface area contributed by atoms with E-state index in [1.54, 1.807) is 17.5 Å². The predicted octanol–water partition coefficient (Wildman–Crippen LogP) is 1.35. The summed E-state index contributed by atoms with van der Waals surface area (Å²) in [7, 11) is 0. The Morgan fingerprint density at radius 1 is 1.67 bits per heavy atom. The second kappa shape index (κ2) is 4.42. The number of nitrogens with zero attached hydrogens (tertiary/aromatic N) is 2. The molecule has 1 heterocycles. The highest BCUT2D eigenvalue weighted by atomic mass is 32.1. The van der Waals surface area contributed by atoms with Crippen molar-refractivity contribution in [2.45, 2.75) is 19.9 Å². The summed E-state index contributed by atoms with van der Waals surface area (Å²) in [6.07, 6.45) is 1.78. The fourth-order valence-corrected chi connectivity index (χ4v) is 1.84. The first-order valence-electron chi connectivity index (χ1n) is 4.02. The molecular formula is C8H14N2OS. The summed E-state index contributed by atoms with van der Waals surface area (Å²) >= 11 is 1.60. The van der Waals surface area contributed by atoms with Crippen molar-refractivity contribution in [3.05, 3.63) is 11.6 Å². The Morgan fingerprint density at radius 3 is 2.83 bits per heavy atom. The van der Waals surface area contributed by atoms with E-state index in [0.29, 0.717) is 12.6 Å². The molecule has 0 saturated carbocycles. The quantitative estimate of drug-likeness (QED) is 0.771. The van der Waals surface area contributed by atoms with Crippen molar-refractivity contribution in [3.8, 4) is 0 Å². The number of hydrogen-bond donors (Lipinski definition) is 1. The van der Waals surface area contributed by atoms with Crippen LogP contribution in [0.2, 0.25) is 0 Å². The van der Waals surface area contributed by atoms with E-state index in [4.69, 9.17) is 5.11 Å². The molecule has 0 spiro atoms. The van der Waals surface area contributed by atoms with Crippen LogP contribution in [-0.4, -0.2) is 29.3 Å². The largest absolute Gasteiger partial charge is 0.395 e. The normalized spacial score (nSPS) is 10.7. The zero-order valence-corrected chi connectivity index (χ0v) is 8.21. The van der Waals surface area contributed by atoms with Crippen molar-refractivity contribution >= 4 is 16.5 Å². The Hall–Kier alpha value is -0.610. The third-order valence-corrected chi connectivity index (χ3v) is 2.44. The van der Waals surface area contributed by atoms with Crippen LogP contribution in [0.4, 0.5) is 5.13 Å². The number of anilines is 1. The van der Waals surface area contributed by atoms with Crippen LogP contribution in [0.5, 0.6) is 0 Å². The van der Waals surface area contributed by atoms with E-state index in [-0.39, 0.29) is 6.61 Å². The maximum Gasteiger partial charge on any atom is 0.185 e. The fraction of sp³-hybridized carbons (Fsp3) is 0.625. The molecule has 0 atom stereocenters. The highest BCUT2D eigenvalue weighted by molar-refractivity contribution is 7.13. The molecule has 0 aliphatic carbocycles. The van der Waals surface area contributed by atoms with Crippen molar-refractivity contribution in [2.75, 3.05) is 18.1 Å². The summed E-state index contributed by atoms with van der Waals surface area (Å²) in [6, 6.07) is 0.392. The Labute approximate surface area is 76.7 Å². The Morgan fingerprint density at radius 2 is 2.42 bits per heavy atom. The highest BCUT2D eigenvalue weighted by Gasteiger charge is 2.11. The fourth-order valence-electron chi connectivity index (χ4n) is 1.04. The van der Waals surface area contributed by atoms with Crippen LogP contribution in [0.25, 0.3) is 0 Å². The molecule has 0 aromatic carbocycles. The lowest BCUT2D eigenvalue weighted by atomic mass is 10.3. The van der Waals surface area contributed by atoms with Gasteiger partial charge in [-0.2, -0.15) is 0 Å². The summed E-state index contributed by atoms with van der Waals surface area (Å²) in [5.41, 5.74) is 0. The van der Waals surface area contributed by atoms with Gasteiger partial charge in [-0.3, -0.25) is 0 Å². The number of thiazole rings is 1. The van der Waals surface area contributed by atoms with Gasteiger partial charge in [0.05, 0.1) is 6.61 Å². The molecule has 1 aromatic heterocycles. The third-order valence-electron chi connectivity index (χ3n) is 1.63. The lowest BCUT2D eigenvalue weighted by Crippen LogP contribution is -2.33. The van der Waals surface area contributed by atoms with Gasteiger partial charge >= 0.3 is 0 Å². The maximum atomic E-state index is 8.82. The van der Waals surface area contributed by atoms with E-state index in [1.165, 1.54) is 0 Å². The first-order valence-corrected chi connectivity index (χ1v) is 4.90. The molecular weight excluding hydrogens is 172 g/mol. The van der Waals surface area contributed by atoms with E-state index >= 15 is 0 Å². The molecule has 1 aromatic rings. The minimum atomic E-state index is 0.178. The molecule has 0 amide bonds. The maximum absolute atomic E-state index is 8.82. The van der Waals surface area contributed by atoms with Gasteiger partial charge in [-0.1, -0.05) is 0 Å². The van der Waals surface area contributed by atoms with Gasteiger partial charge in [0.2, 0.25) is 0 Å². The number of aromatic nitrogens is 1. The molecule has 68 valence electrons. The molecule has 12 heavy (non-hydrogen) atoms. The first-order chi connectivity index (χ1) is 5.75. The molecule has 0 aliphatic heterocycles. The molecule has 1 rings (SSSR count). The first kappa shape index (κ1) is 9.48. The van der Waals surface area contributed by atoms with Crippen LogP contribution in [-0.2, 0) is 0 Å². The van der Waals surface area contributed by atoms with E-state index in [1.807, 2.05) is 5.38 Å². The second-order valence-corrected chi connectivity index (χ2v) is 3.70. The van der Waals surface area contributed by atoms with Crippen LogP contribution < -0.4 is 4.90 Å². The van der Waals surface area contributed by atoms with Gasteiger partial charge in [-0.25, -0.2) is 4.98 Å². The minimum absolute atomic E-state index is 0.178. The van der Waals surface area contributed by atoms with Gasteiger partial charge in [0.15, 0.2) is 5.13 Å². The molecule has 0 radical (unpaired) electrons. The van der Waals surface area contributed by atoms with E-state index in [2.05, 4.69) is 23.7 Å². The SMILES string of the molecule is CC(C)N(CCO)c1nccs1. The molecule has 0 fully saturated rings. The van der Waals surface area contributed by atoms with Gasteiger partial charge in [0.1, 0.15) is 0 Å². The van der Waals surface area contributed by atoms with Crippen LogP contribution in [0.1, 0.15) is 13.8 Å². The Kier molecular flexibility index (Phi) is 3.49. The molecule has 0 unspecified atom stereocenters. The Balaban J connectivity index is 2.66. The van der Waals surface area contributed by atoms with E-state index in [0.717, 1.165) is 5.13 Å². The molecule has 3 nitrogen and oxygen atoms in total. The van der Waals surface area contributed by atoms with Crippen molar-refractivity contribution in [2.24, 2.45) is 0 Å². The standard InChI is InChI=1S/C8H14N2OS/c1-7(2)10(4-5-11)8-9-3-6-12-8/h3,6-7,11H,4-5H2,1-2H3. The minimum Gasteiger partial charge on any atom is -0.395 e. The average molecular weight is 186 g/mol. The summed E-state index contributed by atoms with van der Waals surface area (Å²) in [5, 5.41) is 11.8. The Bertz CT molecular complexity index is 211. The molecule has 1 N–H and O–H groups in total. The highest BCUT2D eigenvalue weighted by Crippen LogP contribution is 2.18. The third kappa shape index (κ3) is 2.19. The summed E-state index contributed by atoms with van der Waals surface area (Å²) in [6.45, 7) is 5.02. The zero-order chi connectivity index (χ0) is 8.97. The zero-order valence-electron chi connectivity index (χ0n) is 7.40. The van der Waals surface area contributed by atoms with Gasteiger partial charge in [0.25, 0.3) is 0 Å². The topological polar surface area (TPSA) is 36.4 Å². The summed E-state index contributed by atoms with van der Waals surface area (Å²) in [5.74, 6) is 0. The van der Waals surface area contributed by atoms with Crippen LogP contribution in [0, 0.1) is 0 Å². The van der Waals surface area contributed by atoms with Gasteiger partial charge in [-0.05, 0) is 13.8 Å². The molecule has 0 bridgehead atoms. The van der Waals surface area contributed by atoms with E-state index < -0.39 is 0 Å². The van der Waals surface area contributed by atoms with Gasteiger partial charge in [-0.15, -0.1) is 11.3 Å². The predicted molar refractivity (Wildman–Crippen MR) is 51.7 cm³/mol. The van der Waals surface area contributed by atoms with Crippen LogP contribution in [0.3, 0.4) is 0 Å². The van der Waals surface area contributed by atoms with Crippen LogP contribution in [0.15, 0.2) is 11.6 Å². The van der Waals surface area contributed by atoms with Crippen molar-refractivity contribution in [1.82, 2.24) is 4.98 Å². The molecule has 4 heteroatoms. The number of aliphatic hydroxyl groups excluding tert-OH is 1. The second-order valence-electron chi connectivity index (χ2n) is 2.83. The molecule has 0 aliphatic rings. The summed E-state index contributed by atoms with van der Waals surface area (Å²) < 4.78 is 0. The van der Waals surface area contributed by atoms with Gasteiger partial charge in [0, 0.05) is 24.2 Å². The molecule has 0 saturated heterocycles. The lowest BCUT2D eigenvalue weighted by molar-refractivity contribution is 0.299. The monoisotopic (exact) mass is 186 g/mol. The van der Waals surface area contributed by atoms with E-state index in [9.17, 15) is 0 Å². The van der Waals surface area contributed by atoms with Crippen molar-refractivity contribution in [3.63, 3.8) is 0 Å². The lowest BCUT2D eigenvalue weighted by Gasteiger charge is -2.24. The number of hydrogen-bond acceptors (Lipinski definition) is 4. The van der Waals surface area contributed by atoms with Crippen molar-refractivity contribution < 1.29 is 5.11 Å². The smallest absolute Gasteiger partial charge is 0.185 e. The van der Waals surface area contributed by atoms with Crippen LogP contribution >= 0.6 is 11.3 Å². The summed E-state index contributed by atoms with van der Waals surface area (Å²) in [4.78, 5) is 6.28. The number of rotatable bonds is 4.